The number of nitrogens with one attached hydrogen (secondary N) is 2. The molecule has 16 heavy (non-hydrogen) atoms. The Morgan fingerprint density at radius 3 is 3.06 bits per heavy atom. The summed E-state index contributed by atoms with van der Waals surface area (Å²) in [6, 6.07) is 0. The molecule has 0 aromatic carbocycles. The van der Waals surface area contributed by atoms with E-state index in [1.807, 2.05) is 0 Å². The predicted octanol–water partition coefficient (Wildman–Crippen LogP) is -0.827. The van der Waals surface area contributed by atoms with Crippen LogP contribution in [0.5, 0.6) is 0 Å². The van der Waals surface area contributed by atoms with E-state index in [1.54, 1.807) is 0 Å². The summed E-state index contributed by atoms with van der Waals surface area (Å²) in [5, 5.41) is 9.78. The van der Waals surface area contributed by atoms with Crippen LogP contribution < -0.4 is 10.6 Å². The van der Waals surface area contributed by atoms with Gasteiger partial charge in [-0.1, -0.05) is 4.49 Å². The molecule has 0 aliphatic carbocycles. The maximum absolute atomic E-state index is 11.5. The van der Waals surface area contributed by atoms with E-state index in [4.69, 9.17) is 0 Å². The summed E-state index contributed by atoms with van der Waals surface area (Å²) in [6.45, 7) is 5.76. The molecular formula is C9H15N5OS. The van der Waals surface area contributed by atoms with Crippen LogP contribution >= 0.6 is 11.5 Å². The van der Waals surface area contributed by atoms with Gasteiger partial charge in [0, 0.05) is 39.3 Å². The Labute approximate surface area is 98.2 Å². The summed E-state index contributed by atoms with van der Waals surface area (Å²) >= 11 is 1.12. The highest BCUT2D eigenvalue weighted by Crippen LogP contribution is 2.00. The topological polar surface area (TPSA) is 70.2 Å². The van der Waals surface area contributed by atoms with Crippen molar-refractivity contribution in [2.45, 2.75) is 0 Å². The van der Waals surface area contributed by atoms with Crippen LogP contribution in [-0.4, -0.2) is 59.7 Å². The van der Waals surface area contributed by atoms with Crippen LogP contribution in [0.3, 0.4) is 0 Å². The third kappa shape index (κ3) is 3.22. The molecule has 1 aromatic heterocycles. The Hall–Kier alpha value is -1.05. The monoisotopic (exact) mass is 241 g/mol. The van der Waals surface area contributed by atoms with Gasteiger partial charge >= 0.3 is 0 Å². The fourth-order valence-corrected chi connectivity index (χ4v) is 2.05. The number of hydrogen-bond donors (Lipinski definition) is 2. The van der Waals surface area contributed by atoms with Gasteiger partial charge in [-0.2, -0.15) is 0 Å². The number of piperazine rings is 1. The van der Waals surface area contributed by atoms with Gasteiger partial charge in [-0.25, -0.2) is 0 Å². The van der Waals surface area contributed by atoms with Crippen molar-refractivity contribution in [3.8, 4) is 0 Å². The largest absolute Gasteiger partial charge is 0.350 e. The zero-order chi connectivity index (χ0) is 11.2. The fraction of sp³-hybridized carbons (Fsp3) is 0.667. The zero-order valence-corrected chi connectivity index (χ0v) is 9.79. The molecule has 2 heterocycles. The van der Waals surface area contributed by atoms with E-state index in [-0.39, 0.29) is 5.91 Å². The molecule has 2 rings (SSSR count). The smallest absolute Gasteiger partial charge is 0.264 e. The molecular weight excluding hydrogens is 226 g/mol. The minimum atomic E-state index is -0.0786. The molecule has 2 N–H and O–H groups in total. The molecule has 0 saturated carbocycles. The van der Waals surface area contributed by atoms with Gasteiger partial charge in [0.05, 0.1) is 6.20 Å². The molecule has 1 saturated heterocycles. The van der Waals surface area contributed by atoms with Gasteiger partial charge in [0.1, 0.15) is 4.88 Å². The average molecular weight is 241 g/mol. The Morgan fingerprint density at radius 1 is 1.56 bits per heavy atom. The maximum Gasteiger partial charge on any atom is 0.264 e. The second kappa shape index (κ2) is 5.88. The van der Waals surface area contributed by atoms with Crippen LogP contribution in [0.4, 0.5) is 0 Å². The van der Waals surface area contributed by atoms with Gasteiger partial charge in [-0.15, -0.1) is 5.10 Å². The lowest BCUT2D eigenvalue weighted by Crippen LogP contribution is -2.46. The lowest BCUT2D eigenvalue weighted by atomic mass is 10.3. The molecule has 1 fully saturated rings. The Bertz CT molecular complexity index is 323. The second-order valence-corrected chi connectivity index (χ2v) is 4.41. The molecule has 88 valence electrons. The number of carbonyl (C=O) groups is 1. The molecule has 7 heteroatoms. The molecule has 6 nitrogen and oxygen atoms in total. The summed E-state index contributed by atoms with van der Waals surface area (Å²) in [5.41, 5.74) is 0. The summed E-state index contributed by atoms with van der Waals surface area (Å²) in [6.07, 6.45) is 1.49. The van der Waals surface area contributed by atoms with Crippen LogP contribution in [0.25, 0.3) is 0 Å². The first-order valence-electron chi connectivity index (χ1n) is 5.35. The van der Waals surface area contributed by atoms with Crippen LogP contribution in [0.1, 0.15) is 9.67 Å². The van der Waals surface area contributed by atoms with Crippen molar-refractivity contribution in [3.05, 3.63) is 11.1 Å². The second-order valence-electron chi connectivity index (χ2n) is 3.63. The molecule has 0 atom stereocenters. The Kier molecular flexibility index (Phi) is 4.20. The van der Waals surface area contributed by atoms with Crippen LogP contribution in [0, 0.1) is 0 Å². The van der Waals surface area contributed by atoms with Gasteiger partial charge in [0.2, 0.25) is 0 Å². The summed E-state index contributed by atoms with van der Waals surface area (Å²) < 4.78 is 3.65. The first-order valence-corrected chi connectivity index (χ1v) is 6.12. The van der Waals surface area contributed by atoms with E-state index in [2.05, 4.69) is 25.1 Å². The first-order chi connectivity index (χ1) is 7.86. The zero-order valence-electron chi connectivity index (χ0n) is 8.98. The van der Waals surface area contributed by atoms with E-state index >= 15 is 0 Å². The number of rotatable bonds is 4. The highest BCUT2D eigenvalue weighted by molar-refractivity contribution is 7.07. The normalized spacial score (nSPS) is 17.2. The SMILES string of the molecule is O=C(NCCN1CCNCC1)c1cnns1. The van der Waals surface area contributed by atoms with Gasteiger partial charge in [-0.3, -0.25) is 9.69 Å². The van der Waals surface area contributed by atoms with E-state index in [1.165, 1.54) is 6.20 Å². The van der Waals surface area contributed by atoms with Crippen molar-refractivity contribution in [3.63, 3.8) is 0 Å². The molecule has 0 unspecified atom stereocenters. The Balaban J connectivity index is 1.66. The molecule has 0 spiro atoms. The van der Waals surface area contributed by atoms with E-state index in [0.717, 1.165) is 44.3 Å². The standard InChI is InChI=1S/C9H15N5OS/c15-9(8-7-12-13-16-8)11-3-6-14-4-1-10-2-5-14/h7,10H,1-6H2,(H,11,15). The molecule has 1 aliphatic heterocycles. The van der Waals surface area contributed by atoms with Crippen LogP contribution in [0.15, 0.2) is 6.20 Å². The third-order valence-corrected chi connectivity index (χ3v) is 3.17. The summed E-state index contributed by atoms with van der Waals surface area (Å²) in [5.74, 6) is -0.0786. The highest BCUT2D eigenvalue weighted by Gasteiger charge is 2.11. The summed E-state index contributed by atoms with van der Waals surface area (Å²) in [7, 11) is 0. The van der Waals surface area contributed by atoms with Crippen molar-refractivity contribution in [1.29, 1.82) is 0 Å². The summed E-state index contributed by atoms with van der Waals surface area (Å²) in [4.78, 5) is 14.4. The van der Waals surface area contributed by atoms with Crippen molar-refractivity contribution >= 4 is 17.4 Å². The fourth-order valence-electron chi connectivity index (χ4n) is 1.62. The predicted molar refractivity (Wildman–Crippen MR) is 61.6 cm³/mol. The van der Waals surface area contributed by atoms with Crippen LogP contribution in [0.2, 0.25) is 0 Å². The number of aromatic nitrogens is 2. The average Bonchev–Trinajstić information content (AvgIpc) is 2.84. The van der Waals surface area contributed by atoms with E-state index in [9.17, 15) is 4.79 Å². The van der Waals surface area contributed by atoms with E-state index < -0.39 is 0 Å². The quantitative estimate of drug-likeness (QED) is 0.720. The Morgan fingerprint density at radius 2 is 2.38 bits per heavy atom. The van der Waals surface area contributed by atoms with E-state index in [0.29, 0.717) is 11.4 Å². The van der Waals surface area contributed by atoms with Crippen molar-refractivity contribution in [2.24, 2.45) is 0 Å². The maximum atomic E-state index is 11.5. The minimum Gasteiger partial charge on any atom is -0.350 e. The molecule has 1 amide bonds. The van der Waals surface area contributed by atoms with Crippen molar-refractivity contribution in [1.82, 2.24) is 25.1 Å². The number of nitrogens with zero attached hydrogens (tertiary/aromatic N) is 3. The first kappa shape index (κ1) is 11.4. The van der Waals surface area contributed by atoms with Gasteiger partial charge in [-0.05, 0) is 11.5 Å². The highest BCUT2D eigenvalue weighted by atomic mass is 32.1. The van der Waals surface area contributed by atoms with Gasteiger partial charge in [0.15, 0.2) is 0 Å². The lowest BCUT2D eigenvalue weighted by Gasteiger charge is -2.26. The number of amides is 1. The van der Waals surface area contributed by atoms with Crippen molar-refractivity contribution in [2.75, 3.05) is 39.3 Å². The minimum absolute atomic E-state index is 0.0786. The number of carbonyl (C=O) groups excluding carboxylic acids is 1. The number of hydrogen-bond acceptors (Lipinski definition) is 6. The molecule has 1 aromatic rings. The van der Waals surface area contributed by atoms with Crippen molar-refractivity contribution < 1.29 is 4.79 Å². The van der Waals surface area contributed by atoms with Gasteiger partial charge < -0.3 is 10.6 Å². The van der Waals surface area contributed by atoms with Gasteiger partial charge in [0.25, 0.3) is 5.91 Å². The molecule has 0 bridgehead atoms. The lowest BCUT2D eigenvalue weighted by molar-refractivity contribution is 0.0951. The molecule has 1 aliphatic rings. The third-order valence-electron chi connectivity index (χ3n) is 2.51. The molecule has 0 radical (unpaired) electrons. The van der Waals surface area contributed by atoms with Crippen LogP contribution in [-0.2, 0) is 0 Å².